The summed E-state index contributed by atoms with van der Waals surface area (Å²) in [6.45, 7) is 5.29. The highest BCUT2D eigenvalue weighted by Gasteiger charge is 2.43. The molecule has 2 N–H and O–H groups in total. The van der Waals surface area contributed by atoms with Gasteiger partial charge in [-0.15, -0.1) is 0 Å². The van der Waals surface area contributed by atoms with E-state index in [2.05, 4.69) is 12.2 Å². The Morgan fingerprint density at radius 2 is 2.11 bits per heavy atom. The first kappa shape index (κ1) is 14.2. The lowest BCUT2D eigenvalue weighted by Crippen LogP contribution is -2.48. The Labute approximate surface area is 114 Å². The fraction of sp³-hybridized carbons (Fsp3) is 0.857. The molecule has 2 rings (SSSR count). The summed E-state index contributed by atoms with van der Waals surface area (Å²) in [7, 11) is 0. The number of nitrogens with zero attached hydrogens (tertiary/aromatic N) is 1. The Hall–Kier alpha value is -1.26. The lowest BCUT2D eigenvalue weighted by Gasteiger charge is -2.25. The van der Waals surface area contributed by atoms with Gasteiger partial charge in [0.25, 0.3) is 0 Å². The number of hydrogen-bond donors (Lipinski definition) is 2. The molecule has 5 nitrogen and oxygen atoms in total. The molecular weight excluding hydrogens is 244 g/mol. The number of carbonyl (C=O) groups is 2. The van der Waals surface area contributed by atoms with Crippen LogP contribution in [0.5, 0.6) is 0 Å². The van der Waals surface area contributed by atoms with Crippen LogP contribution < -0.4 is 5.32 Å². The lowest BCUT2D eigenvalue weighted by atomic mass is 10.0. The third kappa shape index (κ3) is 3.01. The number of carboxylic acid groups (broad SMARTS) is 1. The van der Waals surface area contributed by atoms with E-state index in [1.807, 2.05) is 6.92 Å². The molecule has 0 aromatic heterocycles. The maximum Gasteiger partial charge on any atom is 0.326 e. The molecule has 2 amide bonds. The summed E-state index contributed by atoms with van der Waals surface area (Å²) in [6.07, 6.45) is 5.41. The molecule has 0 aromatic rings. The van der Waals surface area contributed by atoms with Gasteiger partial charge < -0.3 is 15.3 Å². The number of rotatable bonds is 5. The van der Waals surface area contributed by atoms with E-state index in [1.54, 1.807) is 0 Å². The van der Waals surface area contributed by atoms with E-state index >= 15 is 0 Å². The molecule has 5 heteroatoms. The predicted octanol–water partition coefficient (Wildman–Crippen LogP) is 2.07. The number of urea groups is 1. The van der Waals surface area contributed by atoms with Crippen LogP contribution in [0.4, 0.5) is 4.79 Å². The fourth-order valence-electron chi connectivity index (χ4n) is 3.14. The molecule has 0 bridgehead atoms. The number of hydrogen-bond acceptors (Lipinski definition) is 2. The molecule has 1 saturated heterocycles. The van der Waals surface area contributed by atoms with E-state index in [0.29, 0.717) is 18.5 Å². The van der Waals surface area contributed by atoms with Crippen LogP contribution in [0.2, 0.25) is 0 Å². The van der Waals surface area contributed by atoms with Crippen LogP contribution in [0.1, 0.15) is 46.0 Å². The van der Waals surface area contributed by atoms with Crippen LogP contribution in [0, 0.1) is 11.3 Å². The Bertz CT molecular complexity index is 366. The second kappa shape index (κ2) is 5.39. The van der Waals surface area contributed by atoms with E-state index in [4.69, 9.17) is 0 Å². The van der Waals surface area contributed by atoms with E-state index in [0.717, 1.165) is 19.3 Å². The van der Waals surface area contributed by atoms with Crippen LogP contribution >= 0.6 is 0 Å². The molecule has 1 aliphatic carbocycles. The minimum atomic E-state index is -0.894. The second-order valence-corrected chi connectivity index (χ2v) is 6.15. The summed E-state index contributed by atoms with van der Waals surface area (Å²) in [5.74, 6) is -0.858. The van der Waals surface area contributed by atoms with Crippen molar-refractivity contribution in [3.63, 3.8) is 0 Å². The van der Waals surface area contributed by atoms with Crippen molar-refractivity contribution in [2.45, 2.75) is 52.0 Å². The molecule has 2 unspecified atom stereocenters. The summed E-state index contributed by atoms with van der Waals surface area (Å²) < 4.78 is 0. The maximum atomic E-state index is 12.1. The molecule has 0 spiro atoms. The molecule has 1 saturated carbocycles. The zero-order valence-electron chi connectivity index (χ0n) is 11.8. The van der Waals surface area contributed by atoms with Crippen molar-refractivity contribution in [2.75, 3.05) is 13.1 Å². The standard InChI is InChI=1S/C14H24N2O3/c1-3-5-14(6-7-14)9-15-13(19)16-8-4-10(2)11(16)12(17)18/h10-11H,3-9H2,1-2H3,(H,15,19)(H,17,18). The van der Waals surface area contributed by atoms with Gasteiger partial charge in [0.15, 0.2) is 0 Å². The Kier molecular flexibility index (Phi) is 4.02. The molecule has 2 fully saturated rings. The second-order valence-electron chi connectivity index (χ2n) is 6.15. The molecule has 19 heavy (non-hydrogen) atoms. The highest BCUT2D eigenvalue weighted by Crippen LogP contribution is 2.48. The summed E-state index contributed by atoms with van der Waals surface area (Å²) in [5.41, 5.74) is 0.300. The van der Waals surface area contributed by atoms with Crippen LogP contribution in [-0.2, 0) is 4.79 Å². The Morgan fingerprint density at radius 1 is 1.42 bits per heavy atom. The maximum absolute atomic E-state index is 12.1. The normalized spacial score (nSPS) is 28.2. The Balaban J connectivity index is 1.88. The fourth-order valence-corrected chi connectivity index (χ4v) is 3.14. The summed E-state index contributed by atoms with van der Waals surface area (Å²) in [6, 6.07) is -0.875. The highest BCUT2D eigenvalue weighted by atomic mass is 16.4. The number of carbonyl (C=O) groups excluding carboxylic acids is 1. The van der Waals surface area contributed by atoms with E-state index in [1.165, 1.54) is 17.7 Å². The number of nitrogens with one attached hydrogen (secondary N) is 1. The van der Waals surface area contributed by atoms with E-state index in [9.17, 15) is 14.7 Å². The minimum absolute atomic E-state index is 0.0359. The molecule has 0 aromatic carbocycles. The first-order valence-electron chi connectivity index (χ1n) is 7.26. The van der Waals surface area contributed by atoms with Crippen molar-refractivity contribution in [3.8, 4) is 0 Å². The predicted molar refractivity (Wildman–Crippen MR) is 71.9 cm³/mol. The largest absolute Gasteiger partial charge is 0.480 e. The van der Waals surface area contributed by atoms with Gasteiger partial charge in [-0.05, 0) is 37.0 Å². The zero-order valence-corrected chi connectivity index (χ0v) is 11.8. The third-order valence-electron chi connectivity index (χ3n) is 4.57. The summed E-state index contributed by atoms with van der Waals surface area (Å²) in [5, 5.41) is 12.1. The van der Waals surface area contributed by atoms with E-state index in [-0.39, 0.29) is 11.9 Å². The number of aliphatic carboxylic acids is 1. The topological polar surface area (TPSA) is 69.6 Å². The van der Waals surface area contributed by atoms with Gasteiger partial charge in [0.05, 0.1) is 0 Å². The highest BCUT2D eigenvalue weighted by molar-refractivity contribution is 5.83. The number of likely N-dealkylation sites (tertiary alicyclic amines) is 1. The van der Waals surface area contributed by atoms with Gasteiger partial charge >= 0.3 is 12.0 Å². The van der Waals surface area contributed by atoms with Crippen molar-refractivity contribution in [1.82, 2.24) is 10.2 Å². The number of carboxylic acids is 1. The Morgan fingerprint density at radius 3 is 2.63 bits per heavy atom. The quantitative estimate of drug-likeness (QED) is 0.802. The van der Waals surface area contributed by atoms with Crippen molar-refractivity contribution < 1.29 is 14.7 Å². The van der Waals surface area contributed by atoms with Gasteiger partial charge in [-0.2, -0.15) is 0 Å². The molecule has 2 aliphatic rings. The van der Waals surface area contributed by atoms with Gasteiger partial charge in [0.1, 0.15) is 6.04 Å². The van der Waals surface area contributed by atoms with Crippen LogP contribution in [-0.4, -0.2) is 41.1 Å². The van der Waals surface area contributed by atoms with E-state index < -0.39 is 12.0 Å². The summed E-state index contributed by atoms with van der Waals surface area (Å²) in [4.78, 5) is 24.8. The smallest absolute Gasteiger partial charge is 0.326 e. The molecule has 108 valence electrons. The average Bonchev–Trinajstić information content (AvgIpc) is 3.00. The van der Waals surface area contributed by atoms with Gasteiger partial charge in [0.2, 0.25) is 0 Å². The van der Waals surface area contributed by atoms with Gasteiger partial charge in [0, 0.05) is 13.1 Å². The first-order chi connectivity index (χ1) is 8.99. The molecule has 2 atom stereocenters. The number of amides is 2. The molecule has 0 radical (unpaired) electrons. The summed E-state index contributed by atoms with van der Waals surface area (Å²) >= 11 is 0. The van der Waals surface area contributed by atoms with Crippen LogP contribution in [0.15, 0.2) is 0 Å². The van der Waals surface area contributed by atoms with Crippen LogP contribution in [0.3, 0.4) is 0 Å². The van der Waals surface area contributed by atoms with Crippen molar-refractivity contribution in [3.05, 3.63) is 0 Å². The van der Waals surface area contributed by atoms with Gasteiger partial charge in [-0.3, -0.25) is 0 Å². The van der Waals surface area contributed by atoms with Crippen molar-refractivity contribution in [1.29, 1.82) is 0 Å². The van der Waals surface area contributed by atoms with Gasteiger partial charge in [-0.25, -0.2) is 9.59 Å². The molecule has 1 heterocycles. The van der Waals surface area contributed by atoms with Crippen molar-refractivity contribution in [2.24, 2.45) is 11.3 Å². The minimum Gasteiger partial charge on any atom is -0.480 e. The monoisotopic (exact) mass is 268 g/mol. The lowest BCUT2D eigenvalue weighted by molar-refractivity contribution is -0.142. The van der Waals surface area contributed by atoms with Gasteiger partial charge in [-0.1, -0.05) is 20.3 Å². The van der Waals surface area contributed by atoms with Crippen molar-refractivity contribution >= 4 is 12.0 Å². The zero-order chi connectivity index (χ0) is 14.0. The average molecular weight is 268 g/mol. The SMILES string of the molecule is CCCC1(CNC(=O)N2CCC(C)C2C(=O)O)CC1. The third-order valence-corrected chi connectivity index (χ3v) is 4.57. The molecular formula is C14H24N2O3. The van der Waals surface area contributed by atoms with Crippen LogP contribution in [0.25, 0.3) is 0 Å². The first-order valence-corrected chi connectivity index (χ1v) is 7.26. The molecule has 1 aliphatic heterocycles.